The molecule has 0 aliphatic heterocycles. The highest BCUT2D eigenvalue weighted by Gasteiger charge is 2.22. The molecule has 0 aliphatic carbocycles. The Labute approximate surface area is 156 Å². The highest BCUT2D eigenvalue weighted by molar-refractivity contribution is 6.06. The van der Waals surface area contributed by atoms with E-state index >= 15 is 0 Å². The number of amides is 1. The molecular weight excluding hydrogens is 342 g/mol. The normalized spacial score (nSPS) is 11.1. The van der Waals surface area contributed by atoms with Crippen LogP contribution in [-0.2, 0) is 6.54 Å². The van der Waals surface area contributed by atoms with Crippen LogP contribution in [0.15, 0.2) is 57.5 Å². The molecule has 0 bridgehead atoms. The molecule has 0 N–H and O–H groups in total. The quantitative estimate of drug-likeness (QED) is 0.540. The zero-order valence-corrected chi connectivity index (χ0v) is 15.4. The molecule has 6 nitrogen and oxygen atoms in total. The molecule has 0 unspecified atom stereocenters. The largest absolute Gasteiger partial charge is 0.464 e. The Bertz CT molecular complexity index is 1110. The maximum atomic E-state index is 13.2. The summed E-state index contributed by atoms with van der Waals surface area (Å²) < 4.78 is 10.9. The van der Waals surface area contributed by atoms with Crippen molar-refractivity contribution >= 4 is 17.0 Å². The summed E-state index contributed by atoms with van der Waals surface area (Å²) in [7, 11) is 1.75. The minimum atomic E-state index is -0.139. The van der Waals surface area contributed by atoms with E-state index in [-0.39, 0.29) is 5.91 Å². The number of carbonyl (C=O) groups excluding carboxylic acids is 1. The molecule has 0 saturated heterocycles. The van der Waals surface area contributed by atoms with Gasteiger partial charge in [-0.25, -0.2) is 4.98 Å². The van der Waals surface area contributed by atoms with Crippen LogP contribution in [0.3, 0.4) is 0 Å². The summed E-state index contributed by atoms with van der Waals surface area (Å²) in [6.07, 6.45) is 0. The second kappa shape index (κ2) is 6.72. The van der Waals surface area contributed by atoms with Crippen LogP contribution in [0.4, 0.5) is 0 Å². The molecule has 4 rings (SSSR count). The standard InChI is InChI=1S/C21H19N3O3/c1-13-9-10-16(26-13)12-24(3)21(25)17-11-18(15-7-5-4-6-8-15)22-20-19(17)14(2)23-27-20/h4-11H,12H2,1-3H3. The lowest BCUT2D eigenvalue weighted by atomic mass is 10.0. The molecule has 6 heteroatoms. The molecule has 0 fully saturated rings. The summed E-state index contributed by atoms with van der Waals surface area (Å²) in [5.74, 6) is 1.41. The van der Waals surface area contributed by atoms with Crippen LogP contribution in [0.2, 0.25) is 0 Å². The van der Waals surface area contributed by atoms with Crippen LogP contribution in [0.5, 0.6) is 0 Å². The highest BCUT2D eigenvalue weighted by atomic mass is 16.5. The van der Waals surface area contributed by atoms with Gasteiger partial charge in [0.25, 0.3) is 11.6 Å². The molecule has 3 aromatic heterocycles. The molecule has 136 valence electrons. The number of rotatable bonds is 4. The van der Waals surface area contributed by atoms with Crippen molar-refractivity contribution in [3.05, 3.63) is 71.3 Å². The third-order valence-electron chi connectivity index (χ3n) is 4.45. The average Bonchev–Trinajstić information content (AvgIpc) is 3.26. The van der Waals surface area contributed by atoms with Gasteiger partial charge in [-0.1, -0.05) is 35.5 Å². The van der Waals surface area contributed by atoms with Gasteiger partial charge in [0.1, 0.15) is 11.5 Å². The Morgan fingerprint density at radius 3 is 2.59 bits per heavy atom. The monoisotopic (exact) mass is 361 g/mol. The lowest BCUT2D eigenvalue weighted by Crippen LogP contribution is -2.26. The van der Waals surface area contributed by atoms with Crippen molar-refractivity contribution in [2.45, 2.75) is 20.4 Å². The van der Waals surface area contributed by atoms with Crippen LogP contribution in [0.1, 0.15) is 27.6 Å². The molecule has 3 heterocycles. The zero-order valence-electron chi connectivity index (χ0n) is 15.4. The number of benzene rings is 1. The Balaban J connectivity index is 1.77. The maximum absolute atomic E-state index is 13.2. The van der Waals surface area contributed by atoms with Gasteiger partial charge in [0.15, 0.2) is 0 Å². The average molecular weight is 361 g/mol. The van der Waals surface area contributed by atoms with E-state index < -0.39 is 0 Å². The van der Waals surface area contributed by atoms with Gasteiger partial charge in [-0.3, -0.25) is 4.79 Å². The first-order valence-corrected chi connectivity index (χ1v) is 8.66. The number of fused-ring (bicyclic) bond motifs is 1. The second-order valence-corrected chi connectivity index (χ2v) is 6.54. The summed E-state index contributed by atoms with van der Waals surface area (Å²) >= 11 is 0. The molecule has 27 heavy (non-hydrogen) atoms. The maximum Gasteiger partial charge on any atom is 0.259 e. The van der Waals surface area contributed by atoms with Crippen molar-refractivity contribution in [2.24, 2.45) is 0 Å². The van der Waals surface area contributed by atoms with Gasteiger partial charge >= 0.3 is 0 Å². The van der Waals surface area contributed by atoms with E-state index in [4.69, 9.17) is 8.94 Å². The molecule has 0 spiro atoms. The van der Waals surface area contributed by atoms with E-state index in [0.29, 0.717) is 34.6 Å². The predicted octanol–water partition coefficient (Wildman–Crippen LogP) is 4.37. The van der Waals surface area contributed by atoms with Gasteiger partial charge < -0.3 is 13.8 Å². The lowest BCUT2D eigenvalue weighted by molar-refractivity contribution is 0.0777. The van der Waals surface area contributed by atoms with Crippen LogP contribution in [0.25, 0.3) is 22.4 Å². The molecule has 0 radical (unpaired) electrons. The van der Waals surface area contributed by atoms with Crippen molar-refractivity contribution in [2.75, 3.05) is 7.05 Å². The molecular formula is C21H19N3O3. The number of aromatic nitrogens is 2. The van der Waals surface area contributed by atoms with Crippen molar-refractivity contribution < 1.29 is 13.7 Å². The minimum Gasteiger partial charge on any atom is -0.464 e. The van der Waals surface area contributed by atoms with Crippen LogP contribution < -0.4 is 0 Å². The minimum absolute atomic E-state index is 0.139. The van der Waals surface area contributed by atoms with Crippen LogP contribution in [-0.4, -0.2) is 28.0 Å². The third-order valence-corrected chi connectivity index (χ3v) is 4.45. The summed E-state index contributed by atoms with van der Waals surface area (Å²) in [6, 6.07) is 15.2. The Hall–Kier alpha value is -3.41. The van der Waals surface area contributed by atoms with Gasteiger partial charge in [-0.2, -0.15) is 0 Å². The topological polar surface area (TPSA) is 72.4 Å². The number of pyridine rings is 1. The van der Waals surface area contributed by atoms with Crippen molar-refractivity contribution in [3.63, 3.8) is 0 Å². The fourth-order valence-electron chi connectivity index (χ4n) is 3.10. The van der Waals surface area contributed by atoms with Crippen molar-refractivity contribution in [1.29, 1.82) is 0 Å². The van der Waals surface area contributed by atoms with E-state index in [2.05, 4.69) is 10.1 Å². The van der Waals surface area contributed by atoms with Crippen LogP contribution in [0, 0.1) is 13.8 Å². The number of hydrogen-bond acceptors (Lipinski definition) is 5. The van der Waals surface area contributed by atoms with Gasteiger partial charge in [-0.15, -0.1) is 0 Å². The van der Waals surface area contributed by atoms with Gasteiger partial charge in [0.05, 0.1) is 28.9 Å². The molecule has 4 aromatic rings. The van der Waals surface area contributed by atoms with Crippen LogP contribution >= 0.6 is 0 Å². The van der Waals surface area contributed by atoms with E-state index in [1.165, 1.54) is 0 Å². The first kappa shape index (κ1) is 17.0. The number of furan rings is 1. The van der Waals surface area contributed by atoms with E-state index in [0.717, 1.165) is 17.1 Å². The number of nitrogens with zero attached hydrogens (tertiary/aromatic N) is 3. The predicted molar refractivity (Wildman–Crippen MR) is 101 cm³/mol. The lowest BCUT2D eigenvalue weighted by Gasteiger charge is -2.17. The SMILES string of the molecule is Cc1ccc(CN(C)C(=O)c2cc(-c3ccccc3)nc3onc(C)c23)o1. The molecule has 1 aromatic carbocycles. The molecule has 0 atom stereocenters. The Kier molecular flexibility index (Phi) is 4.24. The van der Waals surface area contributed by atoms with Gasteiger partial charge in [0.2, 0.25) is 0 Å². The van der Waals surface area contributed by atoms with E-state index in [1.807, 2.05) is 56.3 Å². The smallest absolute Gasteiger partial charge is 0.259 e. The van der Waals surface area contributed by atoms with Crippen molar-refractivity contribution in [1.82, 2.24) is 15.0 Å². The number of aryl methyl sites for hydroxylation is 2. The van der Waals surface area contributed by atoms with Gasteiger partial charge in [0, 0.05) is 12.6 Å². The van der Waals surface area contributed by atoms with E-state index in [9.17, 15) is 4.79 Å². The highest BCUT2D eigenvalue weighted by Crippen LogP contribution is 2.28. The summed E-state index contributed by atoms with van der Waals surface area (Å²) in [5, 5.41) is 4.63. The zero-order chi connectivity index (χ0) is 19.0. The molecule has 0 aliphatic rings. The first-order valence-electron chi connectivity index (χ1n) is 8.66. The summed E-state index contributed by atoms with van der Waals surface area (Å²) in [4.78, 5) is 19.3. The summed E-state index contributed by atoms with van der Waals surface area (Å²) in [5.41, 5.74) is 3.10. The number of carbonyl (C=O) groups is 1. The number of hydrogen-bond donors (Lipinski definition) is 0. The van der Waals surface area contributed by atoms with Crippen molar-refractivity contribution in [3.8, 4) is 11.3 Å². The Morgan fingerprint density at radius 1 is 1.11 bits per heavy atom. The molecule has 1 amide bonds. The fraction of sp³-hybridized carbons (Fsp3) is 0.190. The summed E-state index contributed by atoms with van der Waals surface area (Å²) in [6.45, 7) is 4.06. The second-order valence-electron chi connectivity index (χ2n) is 6.54. The fourth-order valence-corrected chi connectivity index (χ4v) is 3.10. The van der Waals surface area contributed by atoms with Gasteiger partial charge in [-0.05, 0) is 32.0 Å². The third kappa shape index (κ3) is 3.21. The molecule has 0 saturated carbocycles. The Morgan fingerprint density at radius 2 is 1.89 bits per heavy atom. The first-order chi connectivity index (χ1) is 13.0. The van der Waals surface area contributed by atoms with E-state index in [1.54, 1.807) is 18.0 Å².